The van der Waals surface area contributed by atoms with Crippen LogP contribution in [0.1, 0.15) is 27.2 Å². The van der Waals surface area contributed by atoms with Crippen molar-refractivity contribution >= 4 is 23.1 Å². The van der Waals surface area contributed by atoms with Gasteiger partial charge in [-0.3, -0.25) is 4.79 Å². The van der Waals surface area contributed by atoms with Gasteiger partial charge in [0.05, 0.1) is 12.4 Å². The normalized spacial score (nSPS) is 12.8. The van der Waals surface area contributed by atoms with E-state index in [0.717, 1.165) is 41.3 Å². The summed E-state index contributed by atoms with van der Waals surface area (Å²) in [5.74, 6) is 0.512. The van der Waals surface area contributed by atoms with Gasteiger partial charge in [0.25, 0.3) is 5.91 Å². The SMILES string of the molecule is Cc1cccc(NC(=O)c2cnc(N3CCc4ccccc43)cn2)c1C. The summed E-state index contributed by atoms with van der Waals surface area (Å²) in [5.41, 5.74) is 5.77. The highest BCUT2D eigenvalue weighted by atomic mass is 16.1. The van der Waals surface area contributed by atoms with Crippen molar-refractivity contribution in [3.05, 3.63) is 77.2 Å². The van der Waals surface area contributed by atoms with E-state index in [1.165, 1.54) is 11.8 Å². The van der Waals surface area contributed by atoms with Crippen molar-refractivity contribution in [3.63, 3.8) is 0 Å². The molecule has 130 valence electrons. The summed E-state index contributed by atoms with van der Waals surface area (Å²) in [6, 6.07) is 14.1. The summed E-state index contributed by atoms with van der Waals surface area (Å²) in [5, 5.41) is 2.92. The lowest BCUT2D eigenvalue weighted by Crippen LogP contribution is -2.18. The molecule has 0 atom stereocenters. The largest absolute Gasteiger partial charge is 0.325 e. The van der Waals surface area contributed by atoms with E-state index in [4.69, 9.17) is 0 Å². The summed E-state index contributed by atoms with van der Waals surface area (Å²) in [4.78, 5) is 23.4. The number of aryl methyl sites for hydroxylation is 1. The molecule has 0 saturated heterocycles. The monoisotopic (exact) mass is 344 g/mol. The molecule has 5 heteroatoms. The number of fused-ring (bicyclic) bond motifs is 1. The molecule has 1 aromatic heterocycles. The predicted molar refractivity (Wildman–Crippen MR) is 103 cm³/mol. The highest BCUT2D eigenvalue weighted by Crippen LogP contribution is 2.32. The van der Waals surface area contributed by atoms with Crippen LogP contribution in [0.15, 0.2) is 54.9 Å². The van der Waals surface area contributed by atoms with Gasteiger partial charge in [-0.05, 0) is 49.1 Å². The Balaban J connectivity index is 1.53. The Bertz CT molecular complexity index is 966. The van der Waals surface area contributed by atoms with E-state index < -0.39 is 0 Å². The van der Waals surface area contributed by atoms with Gasteiger partial charge in [-0.25, -0.2) is 9.97 Å². The van der Waals surface area contributed by atoms with Gasteiger partial charge in [0.1, 0.15) is 5.69 Å². The second-order valence-electron chi connectivity index (χ2n) is 6.49. The predicted octanol–water partition coefficient (Wildman–Crippen LogP) is 4.04. The molecule has 0 aliphatic carbocycles. The van der Waals surface area contributed by atoms with E-state index in [2.05, 4.69) is 38.4 Å². The highest BCUT2D eigenvalue weighted by Gasteiger charge is 2.21. The number of amides is 1. The van der Waals surface area contributed by atoms with Crippen molar-refractivity contribution in [1.29, 1.82) is 0 Å². The number of carbonyl (C=O) groups is 1. The van der Waals surface area contributed by atoms with Crippen LogP contribution in [0.25, 0.3) is 0 Å². The van der Waals surface area contributed by atoms with Crippen LogP contribution < -0.4 is 10.2 Å². The molecule has 1 aliphatic heterocycles. The smallest absolute Gasteiger partial charge is 0.275 e. The molecular formula is C21H20N4O. The third-order valence-electron chi connectivity index (χ3n) is 4.89. The van der Waals surface area contributed by atoms with E-state index in [0.29, 0.717) is 5.69 Å². The summed E-state index contributed by atoms with van der Waals surface area (Å²) >= 11 is 0. The van der Waals surface area contributed by atoms with Crippen LogP contribution in [0.2, 0.25) is 0 Å². The van der Waals surface area contributed by atoms with E-state index in [1.54, 1.807) is 6.20 Å². The molecule has 2 aromatic carbocycles. The van der Waals surface area contributed by atoms with Gasteiger partial charge in [0, 0.05) is 17.9 Å². The first-order chi connectivity index (χ1) is 12.6. The quantitative estimate of drug-likeness (QED) is 0.779. The van der Waals surface area contributed by atoms with Crippen LogP contribution in [0, 0.1) is 13.8 Å². The first-order valence-electron chi connectivity index (χ1n) is 8.68. The zero-order valence-electron chi connectivity index (χ0n) is 14.9. The standard InChI is InChI=1S/C21H20N4O/c1-14-6-5-8-17(15(14)2)24-21(26)18-12-23-20(13-22-18)25-11-10-16-7-3-4-9-19(16)25/h3-9,12-13H,10-11H2,1-2H3,(H,24,26). The summed E-state index contributed by atoms with van der Waals surface area (Å²) < 4.78 is 0. The number of benzene rings is 2. The fourth-order valence-electron chi connectivity index (χ4n) is 3.23. The molecule has 5 nitrogen and oxygen atoms in total. The van der Waals surface area contributed by atoms with Crippen LogP contribution in [-0.2, 0) is 6.42 Å². The molecule has 0 fully saturated rings. The number of nitrogens with zero attached hydrogens (tertiary/aromatic N) is 3. The number of hydrogen-bond donors (Lipinski definition) is 1. The van der Waals surface area contributed by atoms with Crippen molar-refractivity contribution in [3.8, 4) is 0 Å². The fourth-order valence-corrected chi connectivity index (χ4v) is 3.23. The number of anilines is 3. The molecule has 0 unspecified atom stereocenters. The minimum Gasteiger partial charge on any atom is -0.325 e. The first kappa shape index (κ1) is 16.3. The number of aromatic nitrogens is 2. The minimum absolute atomic E-state index is 0.250. The van der Waals surface area contributed by atoms with Crippen molar-refractivity contribution in [2.75, 3.05) is 16.8 Å². The zero-order valence-corrected chi connectivity index (χ0v) is 14.9. The Morgan fingerprint density at radius 1 is 1.04 bits per heavy atom. The third kappa shape index (κ3) is 2.92. The molecule has 0 bridgehead atoms. The highest BCUT2D eigenvalue weighted by molar-refractivity contribution is 6.03. The van der Waals surface area contributed by atoms with Gasteiger partial charge < -0.3 is 10.2 Å². The Morgan fingerprint density at radius 2 is 1.88 bits per heavy atom. The average molecular weight is 344 g/mol. The Morgan fingerprint density at radius 3 is 2.69 bits per heavy atom. The maximum atomic E-state index is 12.5. The molecule has 0 saturated carbocycles. The van der Waals surface area contributed by atoms with E-state index in [-0.39, 0.29) is 5.91 Å². The Labute approximate surface area is 152 Å². The minimum atomic E-state index is -0.250. The van der Waals surface area contributed by atoms with Crippen molar-refractivity contribution < 1.29 is 4.79 Å². The molecule has 0 radical (unpaired) electrons. The van der Waals surface area contributed by atoms with Crippen LogP contribution >= 0.6 is 0 Å². The molecule has 1 aliphatic rings. The number of hydrogen-bond acceptors (Lipinski definition) is 4. The van der Waals surface area contributed by atoms with Crippen LogP contribution in [0.4, 0.5) is 17.2 Å². The topological polar surface area (TPSA) is 58.1 Å². The lowest BCUT2D eigenvalue weighted by atomic mass is 10.1. The molecule has 1 amide bonds. The number of nitrogens with one attached hydrogen (secondary N) is 1. The number of rotatable bonds is 3. The Hall–Kier alpha value is -3.21. The lowest BCUT2D eigenvalue weighted by Gasteiger charge is -2.18. The van der Waals surface area contributed by atoms with Gasteiger partial charge in [-0.15, -0.1) is 0 Å². The van der Waals surface area contributed by atoms with E-state index >= 15 is 0 Å². The molecule has 3 aromatic rings. The van der Waals surface area contributed by atoms with Crippen LogP contribution in [0.5, 0.6) is 0 Å². The average Bonchev–Trinajstić information content (AvgIpc) is 3.10. The van der Waals surface area contributed by atoms with Crippen LogP contribution in [-0.4, -0.2) is 22.4 Å². The number of carbonyl (C=O) groups excluding carboxylic acids is 1. The summed E-state index contributed by atoms with van der Waals surface area (Å²) in [6.07, 6.45) is 4.20. The molecule has 0 spiro atoms. The van der Waals surface area contributed by atoms with Gasteiger partial charge in [-0.2, -0.15) is 0 Å². The van der Waals surface area contributed by atoms with E-state index in [9.17, 15) is 4.79 Å². The van der Waals surface area contributed by atoms with Gasteiger partial charge in [-0.1, -0.05) is 30.3 Å². The maximum absolute atomic E-state index is 12.5. The fraction of sp³-hybridized carbons (Fsp3) is 0.190. The molecule has 1 N–H and O–H groups in total. The second-order valence-corrected chi connectivity index (χ2v) is 6.49. The van der Waals surface area contributed by atoms with Crippen molar-refractivity contribution in [2.24, 2.45) is 0 Å². The molecule has 2 heterocycles. The van der Waals surface area contributed by atoms with Gasteiger partial charge in [0.2, 0.25) is 0 Å². The van der Waals surface area contributed by atoms with Crippen molar-refractivity contribution in [2.45, 2.75) is 20.3 Å². The Kier molecular flexibility index (Phi) is 4.13. The van der Waals surface area contributed by atoms with Gasteiger partial charge >= 0.3 is 0 Å². The molecular weight excluding hydrogens is 324 g/mol. The number of para-hydroxylation sites is 1. The lowest BCUT2D eigenvalue weighted by molar-refractivity contribution is 0.102. The summed E-state index contributed by atoms with van der Waals surface area (Å²) in [7, 11) is 0. The van der Waals surface area contributed by atoms with E-state index in [1.807, 2.05) is 38.1 Å². The van der Waals surface area contributed by atoms with Crippen molar-refractivity contribution in [1.82, 2.24) is 9.97 Å². The first-order valence-corrected chi connectivity index (χ1v) is 8.68. The summed E-state index contributed by atoms with van der Waals surface area (Å²) in [6.45, 7) is 4.89. The van der Waals surface area contributed by atoms with Crippen LogP contribution in [0.3, 0.4) is 0 Å². The maximum Gasteiger partial charge on any atom is 0.275 e. The molecule has 4 rings (SSSR count). The second kappa shape index (κ2) is 6.59. The third-order valence-corrected chi connectivity index (χ3v) is 4.89. The molecule has 26 heavy (non-hydrogen) atoms. The van der Waals surface area contributed by atoms with Gasteiger partial charge in [0.15, 0.2) is 5.82 Å². The zero-order chi connectivity index (χ0) is 18.1.